The highest BCUT2D eigenvalue weighted by molar-refractivity contribution is 6.29. The van der Waals surface area contributed by atoms with Crippen molar-refractivity contribution < 1.29 is 9.53 Å². The lowest BCUT2D eigenvalue weighted by atomic mass is 10.1. The quantitative estimate of drug-likeness (QED) is 0.673. The minimum Gasteiger partial charge on any atom is -0.371 e. The highest BCUT2D eigenvalue weighted by Gasteiger charge is 2.16. The summed E-state index contributed by atoms with van der Waals surface area (Å²) < 4.78 is 7.19. The van der Waals surface area contributed by atoms with E-state index in [-0.39, 0.29) is 30.1 Å². The second-order valence-corrected chi connectivity index (χ2v) is 6.37. The summed E-state index contributed by atoms with van der Waals surface area (Å²) in [7, 11) is 0. The van der Waals surface area contributed by atoms with Crippen molar-refractivity contribution in [2.75, 3.05) is 25.0 Å². The fraction of sp³-hybridized carbons (Fsp3) is 0.222. The Morgan fingerprint density at radius 3 is 2.71 bits per heavy atom. The molecule has 0 radical (unpaired) electrons. The third-order valence-corrected chi connectivity index (χ3v) is 4.33. The zero-order chi connectivity index (χ0) is 18.6. The summed E-state index contributed by atoms with van der Waals surface area (Å²) >= 11 is 5.73. The van der Waals surface area contributed by atoms with Crippen molar-refractivity contribution in [2.24, 2.45) is 0 Å². The number of hydrogen-bond acceptors (Lipinski definition) is 6. The molecule has 3 aromatic rings. The van der Waals surface area contributed by atoms with Crippen molar-refractivity contribution in [3.05, 3.63) is 65.3 Å². The topological polar surface area (TPSA) is 94.0 Å². The van der Waals surface area contributed by atoms with Gasteiger partial charge in [-0.2, -0.15) is 5.10 Å². The van der Waals surface area contributed by atoms with E-state index in [1.54, 1.807) is 12.3 Å². The molecule has 0 saturated carbocycles. The van der Waals surface area contributed by atoms with Crippen LogP contribution < -0.4 is 10.6 Å². The van der Waals surface area contributed by atoms with Crippen LogP contribution in [0.5, 0.6) is 0 Å². The standard InChI is InChI=1S/C18H17ClN6O2.ClH/c19-16-10-22-17(11-21-16)25-7-5-14(24-25)18(26)23-13-3-1-12(2-4-13)15-9-20-6-8-27-15;/h1-5,7,10-11,15,20H,6,8-9H2,(H,23,26);1H/t15-;/m1./s1. The molecule has 8 nitrogen and oxygen atoms in total. The molecular weight excluding hydrogens is 403 g/mol. The summed E-state index contributed by atoms with van der Waals surface area (Å²) in [6, 6.07) is 9.23. The monoisotopic (exact) mass is 420 g/mol. The Kier molecular flexibility index (Phi) is 6.58. The number of ether oxygens (including phenoxy) is 1. The highest BCUT2D eigenvalue weighted by atomic mass is 35.5. The van der Waals surface area contributed by atoms with Crippen LogP contribution in [0.1, 0.15) is 22.2 Å². The largest absolute Gasteiger partial charge is 0.371 e. The first-order valence-corrected chi connectivity index (χ1v) is 8.84. The average Bonchev–Trinajstić information content (AvgIpc) is 3.20. The van der Waals surface area contributed by atoms with Crippen molar-refractivity contribution in [3.63, 3.8) is 0 Å². The Hall–Kier alpha value is -2.52. The van der Waals surface area contributed by atoms with E-state index in [0.29, 0.717) is 23.3 Å². The van der Waals surface area contributed by atoms with Gasteiger partial charge in [-0.15, -0.1) is 12.4 Å². The van der Waals surface area contributed by atoms with Crippen molar-refractivity contribution in [3.8, 4) is 5.82 Å². The maximum absolute atomic E-state index is 12.4. The lowest BCUT2D eigenvalue weighted by Crippen LogP contribution is -2.33. The molecule has 1 aliphatic heterocycles. The minimum absolute atomic E-state index is 0. The van der Waals surface area contributed by atoms with Crippen LogP contribution in [0.4, 0.5) is 5.69 Å². The van der Waals surface area contributed by atoms with Gasteiger partial charge in [-0.05, 0) is 23.8 Å². The number of rotatable bonds is 4. The lowest BCUT2D eigenvalue weighted by molar-refractivity contribution is 0.0277. The molecule has 10 heteroatoms. The SMILES string of the molecule is Cl.O=C(Nc1ccc([C@H]2CNCCO2)cc1)c1ccn(-c2cnc(Cl)cn2)n1. The van der Waals surface area contributed by atoms with Crippen LogP contribution in [0.3, 0.4) is 0 Å². The highest BCUT2D eigenvalue weighted by Crippen LogP contribution is 2.21. The summed E-state index contributed by atoms with van der Waals surface area (Å²) in [6.07, 6.45) is 4.59. The van der Waals surface area contributed by atoms with Crippen molar-refractivity contribution >= 4 is 35.6 Å². The first-order chi connectivity index (χ1) is 13.2. The number of amides is 1. The van der Waals surface area contributed by atoms with Crippen LogP contribution in [0.25, 0.3) is 5.82 Å². The molecule has 1 aliphatic rings. The van der Waals surface area contributed by atoms with Crippen LogP contribution in [-0.2, 0) is 4.74 Å². The van der Waals surface area contributed by atoms with E-state index < -0.39 is 0 Å². The van der Waals surface area contributed by atoms with Crippen molar-refractivity contribution in [2.45, 2.75) is 6.10 Å². The zero-order valence-electron chi connectivity index (χ0n) is 14.7. The Bertz CT molecular complexity index is 924. The molecule has 0 unspecified atom stereocenters. The first-order valence-electron chi connectivity index (χ1n) is 8.46. The van der Waals surface area contributed by atoms with Gasteiger partial charge in [0.15, 0.2) is 11.5 Å². The number of benzene rings is 1. The van der Waals surface area contributed by atoms with Crippen LogP contribution in [0.2, 0.25) is 5.15 Å². The number of hydrogen-bond donors (Lipinski definition) is 2. The fourth-order valence-corrected chi connectivity index (χ4v) is 2.85. The van der Waals surface area contributed by atoms with Crippen molar-refractivity contribution in [1.82, 2.24) is 25.1 Å². The van der Waals surface area contributed by atoms with E-state index >= 15 is 0 Å². The van der Waals surface area contributed by atoms with Gasteiger partial charge in [0.05, 0.1) is 25.1 Å². The molecule has 0 aliphatic carbocycles. The molecule has 1 aromatic carbocycles. The predicted octanol–water partition coefficient (Wildman–Crippen LogP) is 2.65. The van der Waals surface area contributed by atoms with E-state index in [1.165, 1.54) is 17.1 Å². The Morgan fingerprint density at radius 1 is 1.21 bits per heavy atom. The lowest BCUT2D eigenvalue weighted by Gasteiger charge is -2.24. The van der Waals surface area contributed by atoms with Gasteiger partial charge in [-0.25, -0.2) is 14.6 Å². The number of aromatic nitrogens is 4. The molecule has 2 aromatic heterocycles. The second-order valence-electron chi connectivity index (χ2n) is 5.98. The van der Waals surface area contributed by atoms with E-state index in [1.807, 2.05) is 24.3 Å². The van der Waals surface area contributed by atoms with E-state index in [2.05, 4.69) is 25.7 Å². The van der Waals surface area contributed by atoms with Crippen molar-refractivity contribution in [1.29, 1.82) is 0 Å². The number of morpholine rings is 1. The molecule has 1 atom stereocenters. The molecule has 0 spiro atoms. The molecule has 2 N–H and O–H groups in total. The first kappa shape index (κ1) is 20.2. The number of carbonyl (C=O) groups is 1. The molecule has 3 heterocycles. The number of anilines is 1. The number of carbonyl (C=O) groups excluding carboxylic acids is 1. The molecule has 146 valence electrons. The van der Waals surface area contributed by atoms with Gasteiger partial charge < -0.3 is 15.4 Å². The molecule has 1 fully saturated rings. The zero-order valence-corrected chi connectivity index (χ0v) is 16.3. The Labute approximate surface area is 172 Å². The van der Waals surface area contributed by atoms with E-state index in [9.17, 15) is 4.79 Å². The van der Waals surface area contributed by atoms with E-state index in [4.69, 9.17) is 16.3 Å². The average molecular weight is 421 g/mol. The van der Waals surface area contributed by atoms with Gasteiger partial charge in [0.25, 0.3) is 5.91 Å². The van der Waals surface area contributed by atoms with E-state index in [0.717, 1.165) is 18.7 Å². The fourth-order valence-electron chi connectivity index (χ4n) is 2.75. The van der Waals surface area contributed by atoms with Crippen LogP contribution in [0, 0.1) is 0 Å². The second kappa shape index (κ2) is 9.11. The maximum atomic E-state index is 12.4. The summed E-state index contributed by atoms with van der Waals surface area (Å²) in [5.74, 6) is 0.169. The van der Waals surface area contributed by atoms with Gasteiger partial charge in [0, 0.05) is 25.0 Å². The smallest absolute Gasteiger partial charge is 0.276 e. The van der Waals surface area contributed by atoms with Gasteiger partial charge in [-0.3, -0.25) is 4.79 Å². The third kappa shape index (κ3) is 4.66. The van der Waals surface area contributed by atoms with Crippen LogP contribution in [-0.4, -0.2) is 45.4 Å². The van der Waals surface area contributed by atoms with Gasteiger partial charge in [-0.1, -0.05) is 23.7 Å². The van der Waals surface area contributed by atoms with Gasteiger partial charge in [0.1, 0.15) is 5.15 Å². The Morgan fingerprint density at radius 2 is 2.04 bits per heavy atom. The molecule has 4 rings (SSSR count). The number of nitrogens with zero attached hydrogens (tertiary/aromatic N) is 4. The summed E-state index contributed by atoms with van der Waals surface area (Å²) in [5, 5.41) is 10.7. The Balaban J connectivity index is 0.00000225. The third-order valence-electron chi connectivity index (χ3n) is 4.13. The molecule has 1 saturated heterocycles. The number of halogens is 2. The molecule has 1 amide bonds. The minimum atomic E-state index is -0.306. The van der Waals surface area contributed by atoms with Crippen LogP contribution in [0.15, 0.2) is 48.9 Å². The summed E-state index contributed by atoms with van der Waals surface area (Å²) in [4.78, 5) is 20.5. The summed E-state index contributed by atoms with van der Waals surface area (Å²) in [5.41, 5.74) is 2.04. The normalized spacial score (nSPS) is 16.2. The van der Waals surface area contributed by atoms with Gasteiger partial charge in [0.2, 0.25) is 0 Å². The predicted molar refractivity (Wildman–Crippen MR) is 107 cm³/mol. The molecule has 28 heavy (non-hydrogen) atoms. The van der Waals surface area contributed by atoms with Crippen LogP contribution >= 0.6 is 24.0 Å². The van der Waals surface area contributed by atoms with Gasteiger partial charge >= 0.3 is 0 Å². The molecule has 0 bridgehead atoms. The molecular formula is C18H18Cl2N6O2. The summed E-state index contributed by atoms with van der Waals surface area (Å²) in [6.45, 7) is 2.36. The number of nitrogens with one attached hydrogen (secondary N) is 2. The maximum Gasteiger partial charge on any atom is 0.276 e.